The zero-order chi connectivity index (χ0) is 37.2. The number of aliphatic hydroxyl groups is 3. The number of rotatable bonds is 6. The van der Waals surface area contributed by atoms with Crippen LogP contribution >= 0.6 is 0 Å². The molecule has 0 amide bonds. The molecule has 0 bridgehead atoms. The standard InChI is InChI=1S/C24H42O3.C10H18O3.C9H18O/c1-23(12-6-4-7-13-23)19-16-18(10-11-21(25)27-3)17-20(22(19)26)24(2)14-8-5-9-15-24;1-6-4-8(10(12)13-3)5-7(2)9(6)11;1-6-4-7(2)9(10)8(3)5-6/h18-20,22,26H,4-17H2,1-3H3;6-9,11H,4-5H2,1-3H3;6-10H,4-5H2,1-3H3. The summed E-state index contributed by atoms with van der Waals surface area (Å²) in [4.78, 5) is 23.0. The summed E-state index contributed by atoms with van der Waals surface area (Å²) in [6, 6.07) is 0. The van der Waals surface area contributed by atoms with Crippen LogP contribution in [0, 0.1) is 64.1 Å². The quantitative estimate of drug-likeness (QED) is 0.236. The lowest BCUT2D eigenvalue weighted by molar-refractivity contribution is -0.149. The molecule has 7 nitrogen and oxygen atoms in total. The van der Waals surface area contributed by atoms with Gasteiger partial charge in [0.1, 0.15) is 0 Å². The maximum Gasteiger partial charge on any atom is 0.308 e. The van der Waals surface area contributed by atoms with Gasteiger partial charge in [0.2, 0.25) is 0 Å². The summed E-state index contributed by atoms with van der Waals surface area (Å²) in [6.45, 7) is 15.4. The molecule has 0 aromatic heterocycles. The van der Waals surface area contributed by atoms with E-state index in [2.05, 4.69) is 34.6 Å². The number of hydrogen-bond acceptors (Lipinski definition) is 7. The van der Waals surface area contributed by atoms with E-state index >= 15 is 0 Å². The van der Waals surface area contributed by atoms with Gasteiger partial charge in [-0.3, -0.25) is 9.59 Å². The molecule has 50 heavy (non-hydrogen) atoms. The van der Waals surface area contributed by atoms with Crippen LogP contribution in [0.5, 0.6) is 0 Å². The van der Waals surface area contributed by atoms with E-state index in [1.807, 2.05) is 13.8 Å². The second-order valence-corrected chi connectivity index (χ2v) is 18.7. The van der Waals surface area contributed by atoms with Crippen LogP contribution < -0.4 is 0 Å². The fourth-order valence-corrected chi connectivity index (χ4v) is 11.3. The van der Waals surface area contributed by atoms with Crippen molar-refractivity contribution in [1.82, 2.24) is 0 Å². The molecule has 6 atom stereocenters. The van der Waals surface area contributed by atoms with E-state index in [0.717, 1.165) is 38.0 Å². The number of carbonyl (C=O) groups excluding carboxylic acids is 2. The lowest BCUT2D eigenvalue weighted by Gasteiger charge is -2.54. The summed E-state index contributed by atoms with van der Waals surface area (Å²) >= 11 is 0. The first-order chi connectivity index (χ1) is 23.5. The Hall–Kier alpha value is -1.18. The summed E-state index contributed by atoms with van der Waals surface area (Å²) in [5.41, 5.74) is 0.565. The number of esters is 2. The summed E-state index contributed by atoms with van der Waals surface area (Å²) < 4.78 is 9.60. The molecule has 5 aliphatic carbocycles. The maximum absolute atomic E-state index is 11.7. The highest BCUT2D eigenvalue weighted by Crippen LogP contribution is 2.56. The van der Waals surface area contributed by atoms with E-state index in [0.29, 0.717) is 36.0 Å². The van der Waals surface area contributed by atoms with Gasteiger partial charge in [-0.05, 0) is 129 Å². The van der Waals surface area contributed by atoms with Gasteiger partial charge in [-0.2, -0.15) is 0 Å². The molecular formula is C43H78O7. The maximum atomic E-state index is 11.7. The molecule has 5 rings (SSSR count). The van der Waals surface area contributed by atoms with Crippen molar-refractivity contribution in [1.29, 1.82) is 0 Å². The average Bonchev–Trinajstić information content (AvgIpc) is 3.09. The van der Waals surface area contributed by atoms with E-state index in [1.54, 1.807) is 0 Å². The van der Waals surface area contributed by atoms with Crippen molar-refractivity contribution in [2.45, 2.75) is 182 Å². The predicted octanol–water partition coefficient (Wildman–Crippen LogP) is 9.14. The van der Waals surface area contributed by atoms with E-state index < -0.39 is 0 Å². The molecule has 0 aromatic rings. The molecule has 3 N–H and O–H groups in total. The molecule has 7 heteroatoms. The van der Waals surface area contributed by atoms with E-state index in [1.165, 1.54) is 91.3 Å². The molecule has 5 saturated carbocycles. The normalized spacial score (nSPS) is 39.8. The predicted molar refractivity (Wildman–Crippen MR) is 201 cm³/mol. The first-order valence-corrected chi connectivity index (χ1v) is 20.7. The number of methoxy groups -OCH3 is 2. The number of aliphatic hydroxyl groups excluding tert-OH is 3. The highest BCUT2D eigenvalue weighted by atomic mass is 16.5. The van der Waals surface area contributed by atoms with Crippen molar-refractivity contribution in [2.24, 2.45) is 64.1 Å². The molecule has 0 aliphatic heterocycles. The van der Waals surface area contributed by atoms with Gasteiger partial charge in [-0.15, -0.1) is 0 Å². The molecule has 0 spiro atoms. The zero-order valence-corrected chi connectivity index (χ0v) is 33.6. The second-order valence-electron chi connectivity index (χ2n) is 18.7. The molecule has 0 heterocycles. The minimum atomic E-state index is -0.263. The van der Waals surface area contributed by atoms with E-state index in [4.69, 9.17) is 9.47 Å². The minimum absolute atomic E-state index is 0.0154. The van der Waals surface area contributed by atoms with Crippen molar-refractivity contribution in [3.63, 3.8) is 0 Å². The number of hydrogen-bond donors (Lipinski definition) is 3. The van der Waals surface area contributed by atoms with Crippen LogP contribution in [0.4, 0.5) is 0 Å². The first kappa shape index (κ1) is 43.2. The van der Waals surface area contributed by atoms with Crippen molar-refractivity contribution < 1.29 is 34.4 Å². The van der Waals surface area contributed by atoms with Crippen molar-refractivity contribution in [2.75, 3.05) is 14.2 Å². The Morgan fingerprint density at radius 1 is 0.580 bits per heavy atom. The monoisotopic (exact) mass is 707 g/mol. The van der Waals surface area contributed by atoms with Gasteiger partial charge in [0.05, 0.1) is 38.4 Å². The van der Waals surface area contributed by atoms with Crippen LogP contribution in [0.3, 0.4) is 0 Å². The number of carbonyl (C=O) groups is 2. The third-order valence-electron chi connectivity index (χ3n) is 14.5. The second kappa shape index (κ2) is 19.8. The van der Waals surface area contributed by atoms with Crippen LogP contribution in [0.1, 0.15) is 164 Å². The molecule has 0 radical (unpaired) electrons. The van der Waals surface area contributed by atoms with Crippen LogP contribution in [0.15, 0.2) is 0 Å². The van der Waals surface area contributed by atoms with Crippen molar-refractivity contribution in [3.8, 4) is 0 Å². The Bertz CT molecular complexity index is 959. The molecular weight excluding hydrogens is 628 g/mol. The Kier molecular flexibility index (Phi) is 17.1. The SMILES string of the molecule is CC1CC(C)C(O)C(C)C1.COC(=O)C1CC(C)C(O)C(C)C1.COC(=O)CCC1CC(C2(C)CCCCC2)C(O)C(C2(C)CCCCC2)C1. The van der Waals surface area contributed by atoms with Gasteiger partial charge >= 0.3 is 11.9 Å². The van der Waals surface area contributed by atoms with Gasteiger partial charge in [-0.1, -0.05) is 87.0 Å². The Morgan fingerprint density at radius 3 is 1.36 bits per heavy atom. The minimum Gasteiger partial charge on any atom is -0.469 e. The van der Waals surface area contributed by atoms with Gasteiger partial charge in [0, 0.05) is 6.42 Å². The van der Waals surface area contributed by atoms with Gasteiger partial charge in [0.25, 0.3) is 0 Å². The average molecular weight is 707 g/mol. The van der Waals surface area contributed by atoms with Crippen molar-refractivity contribution >= 4 is 11.9 Å². The Morgan fingerprint density at radius 2 is 0.980 bits per heavy atom. The lowest BCUT2D eigenvalue weighted by Crippen LogP contribution is -2.51. The highest BCUT2D eigenvalue weighted by molar-refractivity contribution is 5.72. The molecule has 0 saturated heterocycles. The molecule has 6 unspecified atom stereocenters. The largest absolute Gasteiger partial charge is 0.469 e. The van der Waals surface area contributed by atoms with Crippen LogP contribution in [-0.2, 0) is 19.1 Å². The summed E-state index contributed by atoms with van der Waals surface area (Å²) in [6.07, 6.45) is 20.1. The zero-order valence-electron chi connectivity index (χ0n) is 33.6. The van der Waals surface area contributed by atoms with Gasteiger partial charge in [-0.25, -0.2) is 0 Å². The smallest absolute Gasteiger partial charge is 0.308 e. The fourth-order valence-electron chi connectivity index (χ4n) is 11.3. The van der Waals surface area contributed by atoms with Crippen LogP contribution in [0.25, 0.3) is 0 Å². The summed E-state index contributed by atoms with van der Waals surface area (Å²) in [7, 11) is 2.91. The van der Waals surface area contributed by atoms with Crippen LogP contribution in [0.2, 0.25) is 0 Å². The molecule has 292 valence electrons. The van der Waals surface area contributed by atoms with Gasteiger partial charge in [0.15, 0.2) is 0 Å². The number of ether oxygens (including phenoxy) is 2. The van der Waals surface area contributed by atoms with Crippen LogP contribution in [-0.4, -0.2) is 59.8 Å². The first-order valence-electron chi connectivity index (χ1n) is 20.7. The van der Waals surface area contributed by atoms with Crippen molar-refractivity contribution in [3.05, 3.63) is 0 Å². The topological polar surface area (TPSA) is 113 Å². The summed E-state index contributed by atoms with van der Waals surface area (Å²) in [5, 5.41) is 30.8. The highest BCUT2D eigenvalue weighted by Gasteiger charge is 2.51. The molecule has 5 aliphatic rings. The van der Waals surface area contributed by atoms with E-state index in [9.17, 15) is 24.9 Å². The third kappa shape index (κ3) is 11.7. The lowest BCUT2D eigenvalue weighted by atomic mass is 9.52. The fraction of sp³-hybridized carbons (Fsp3) is 0.953. The third-order valence-corrected chi connectivity index (χ3v) is 14.5. The molecule has 5 fully saturated rings. The Labute approximate surface area is 306 Å². The Balaban J connectivity index is 0.000000242. The summed E-state index contributed by atoms with van der Waals surface area (Å²) in [5.74, 6) is 3.37. The molecule has 0 aromatic carbocycles. The van der Waals surface area contributed by atoms with E-state index in [-0.39, 0.29) is 58.8 Å². The van der Waals surface area contributed by atoms with Gasteiger partial charge < -0.3 is 24.8 Å².